The molecule has 21 heavy (non-hydrogen) atoms. The summed E-state index contributed by atoms with van der Waals surface area (Å²) in [7, 11) is 0. The monoisotopic (exact) mass is 303 g/mol. The van der Waals surface area contributed by atoms with Gasteiger partial charge >= 0.3 is 0 Å². The highest BCUT2D eigenvalue weighted by molar-refractivity contribution is 6.30. The van der Waals surface area contributed by atoms with Gasteiger partial charge in [-0.2, -0.15) is 5.10 Å². The largest absolute Gasteiger partial charge is 0.872 e. The van der Waals surface area contributed by atoms with Crippen LogP contribution < -0.4 is 15.3 Å². The molecule has 1 amide bonds. The molecular formula is C15H12ClN2O3-. The van der Waals surface area contributed by atoms with E-state index in [9.17, 15) is 9.90 Å². The van der Waals surface area contributed by atoms with Gasteiger partial charge in [0.15, 0.2) is 6.61 Å². The van der Waals surface area contributed by atoms with Gasteiger partial charge < -0.3 is 9.84 Å². The second kappa shape index (κ2) is 7.31. The normalized spacial score (nSPS) is 10.5. The summed E-state index contributed by atoms with van der Waals surface area (Å²) in [5.41, 5.74) is 2.68. The number of amides is 1. The van der Waals surface area contributed by atoms with Crippen molar-refractivity contribution in [2.45, 2.75) is 0 Å². The predicted octanol–water partition coefficient (Wildman–Crippen LogP) is 1.94. The lowest BCUT2D eigenvalue weighted by atomic mass is 10.2. The van der Waals surface area contributed by atoms with Crippen LogP contribution in [-0.4, -0.2) is 18.7 Å². The highest BCUT2D eigenvalue weighted by atomic mass is 35.5. The van der Waals surface area contributed by atoms with Crippen molar-refractivity contribution < 1.29 is 14.6 Å². The first-order chi connectivity index (χ1) is 10.1. The predicted molar refractivity (Wildman–Crippen MR) is 78.6 cm³/mol. The highest BCUT2D eigenvalue weighted by Crippen LogP contribution is 2.15. The minimum Gasteiger partial charge on any atom is -0.872 e. The van der Waals surface area contributed by atoms with Crippen LogP contribution in [0.4, 0.5) is 0 Å². The molecule has 0 unspecified atom stereocenters. The Kier molecular flexibility index (Phi) is 5.17. The lowest BCUT2D eigenvalue weighted by Crippen LogP contribution is -2.24. The van der Waals surface area contributed by atoms with Crippen molar-refractivity contribution in [2.24, 2.45) is 5.10 Å². The van der Waals surface area contributed by atoms with Gasteiger partial charge in [-0.3, -0.25) is 4.79 Å². The summed E-state index contributed by atoms with van der Waals surface area (Å²) >= 11 is 5.73. The van der Waals surface area contributed by atoms with E-state index in [1.165, 1.54) is 12.3 Å². The molecule has 2 rings (SSSR count). The van der Waals surface area contributed by atoms with Gasteiger partial charge in [-0.1, -0.05) is 41.6 Å². The molecule has 0 fully saturated rings. The third-order valence-corrected chi connectivity index (χ3v) is 2.75. The van der Waals surface area contributed by atoms with Crippen LogP contribution in [-0.2, 0) is 4.79 Å². The van der Waals surface area contributed by atoms with E-state index in [4.69, 9.17) is 16.3 Å². The molecule has 0 radical (unpaired) electrons. The number of nitrogens with one attached hydrogen (secondary N) is 1. The summed E-state index contributed by atoms with van der Waals surface area (Å²) in [6, 6.07) is 13.0. The van der Waals surface area contributed by atoms with E-state index in [-0.39, 0.29) is 12.4 Å². The van der Waals surface area contributed by atoms with Crippen LogP contribution in [0, 0.1) is 0 Å². The highest BCUT2D eigenvalue weighted by Gasteiger charge is 2.01. The van der Waals surface area contributed by atoms with Gasteiger partial charge in [0.25, 0.3) is 5.91 Å². The molecule has 0 bridgehead atoms. The van der Waals surface area contributed by atoms with Crippen molar-refractivity contribution in [1.29, 1.82) is 0 Å². The number of ether oxygens (including phenoxy) is 1. The second-order valence-corrected chi connectivity index (χ2v) is 4.51. The Labute approximate surface area is 126 Å². The smallest absolute Gasteiger partial charge is 0.277 e. The summed E-state index contributed by atoms with van der Waals surface area (Å²) in [5.74, 6) is -0.0547. The minimum atomic E-state index is -0.426. The number of carbonyl (C=O) groups excluding carboxylic acids is 1. The molecule has 2 aromatic rings. The third-order valence-electron chi connectivity index (χ3n) is 2.50. The zero-order valence-electron chi connectivity index (χ0n) is 11.0. The molecule has 0 heterocycles. The first-order valence-corrected chi connectivity index (χ1v) is 6.49. The SMILES string of the molecule is O=C(COc1ccc(Cl)cc1)NN=Cc1ccccc1[O-]. The topological polar surface area (TPSA) is 73.8 Å². The molecule has 0 spiro atoms. The van der Waals surface area contributed by atoms with Gasteiger partial charge in [-0.25, -0.2) is 5.43 Å². The number of nitrogens with zero attached hydrogens (tertiary/aromatic N) is 1. The molecule has 5 nitrogen and oxygen atoms in total. The maximum Gasteiger partial charge on any atom is 0.277 e. The summed E-state index contributed by atoms with van der Waals surface area (Å²) in [4.78, 5) is 11.5. The molecule has 0 saturated carbocycles. The maximum absolute atomic E-state index is 11.5. The Balaban J connectivity index is 1.80. The summed E-state index contributed by atoms with van der Waals surface area (Å²) < 4.78 is 5.24. The van der Waals surface area contributed by atoms with Gasteiger partial charge in [-0.05, 0) is 29.8 Å². The van der Waals surface area contributed by atoms with Crippen LogP contribution >= 0.6 is 11.6 Å². The number of hydrazone groups is 1. The Morgan fingerprint density at radius 1 is 1.24 bits per heavy atom. The molecule has 0 aromatic heterocycles. The zero-order chi connectivity index (χ0) is 15.1. The van der Waals surface area contributed by atoms with Crippen molar-refractivity contribution in [3.63, 3.8) is 0 Å². The Morgan fingerprint density at radius 2 is 1.95 bits per heavy atom. The number of carbonyl (C=O) groups is 1. The van der Waals surface area contributed by atoms with Crippen LogP contribution in [0.3, 0.4) is 0 Å². The van der Waals surface area contributed by atoms with Gasteiger partial charge in [0, 0.05) is 5.02 Å². The Morgan fingerprint density at radius 3 is 2.67 bits per heavy atom. The van der Waals surface area contributed by atoms with E-state index in [1.54, 1.807) is 42.5 Å². The van der Waals surface area contributed by atoms with Gasteiger partial charge in [0.1, 0.15) is 5.75 Å². The lowest BCUT2D eigenvalue weighted by molar-refractivity contribution is -0.268. The molecular weight excluding hydrogens is 292 g/mol. The zero-order valence-corrected chi connectivity index (χ0v) is 11.7. The van der Waals surface area contributed by atoms with Crippen LogP contribution in [0.5, 0.6) is 11.5 Å². The number of benzene rings is 2. The van der Waals surface area contributed by atoms with E-state index in [0.29, 0.717) is 16.3 Å². The quantitative estimate of drug-likeness (QED) is 0.677. The first-order valence-electron chi connectivity index (χ1n) is 6.11. The van der Waals surface area contributed by atoms with E-state index < -0.39 is 5.91 Å². The third kappa shape index (κ3) is 4.81. The molecule has 1 N–H and O–H groups in total. The van der Waals surface area contributed by atoms with Crippen molar-refractivity contribution in [3.05, 3.63) is 59.1 Å². The number of hydrogen-bond donors (Lipinski definition) is 1. The average molecular weight is 304 g/mol. The molecule has 0 atom stereocenters. The molecule has 0 saturated heterocycles. The fourth-order valence-corrected chi connectivity index (χ4v) is 1.60. The second-order valence-electron chi connectivity index (χ2n) is 4.07. The average Bonchev–Trinajstić information content (AvgIpc) is 2.49. The van der Waals surface area contributed by atoms with Crippen LogP contribution in [0.2, 0.25) is 5.02 Å². The van der Waals surface area contributed by atoms with E-state index in [2.05, 4.69) is 10.5 Å². The van der Waals surface area contributed by atoms with E-state index in [0.717, 1.165) is 0 Å². The van der Waals surface area contributed by atoms with Gasteiger partial charge in [0.05, 0.1) is 6.21 Å². The van der Waals surface area contributed by atoms with Crippen molar-refractivity contribution >= 4 is 23.7 Å². The first kappa shape index (κ1) is 14.9. The van der Waals surface area contributed by atoms with Gasteiger partial charge in [0.2, 0.25) is 0 Å². The number of halogens is 1. The number of hydrogen-bond acceptors (Lipinski definition) is 4. The van der Waals surface area contributed by atoms with Crippen LogP contribution in [0.15, 0.2) is 53.6 Å². The Hall–Kier alpha value is -2.53. The Bertz CT molecular complexity index is 642. The van der Waals surface area contributed by atoms with Crippen molar-refractivity contribution in [1.82, 2.24) is 5.43 Å². The fourth-order valence-electron chi connectivity index (χ4n) is 1.47. The summed E-state index contributed by atoms with van der Waals surface area (Å²) in [6.07, 6.45) is 1.29. The molecule has 6 heteroatoms. The molecule has 108 valence electrons. The van der Waals surface area contributed by atoms with Crippen LogP contribution in [0.25, 0.3) is 0 Å². The van der Waals surface area contributed by atoms with Crippen LogP contribution in [0.1, 0.15) is 5.56 Å². The molecule has 0 aliphatic rings. The number of para-hydroxylation sites is 1. The molecule has 0 aliphatic heterocycles. The lowest BCUT2D eigenvalue weighted by Gasteiger charge is -2.08. The minimum absolute atomic E-state index is 0.159. The number of rotatable bonds is 5. The van der Waals surface area contributed by atoms with E-state index in [1.807, 2.05) is 0 Å². The summed E-state index contributed by atoms with van der Waals surface area (Å²) in [5, 5.41) is 15.7. The molecule has 2 aromatic carbocycles. The van der Waals surface area contributed by atoms with Crippen molar-refractivity contribution in [3.8, 4) is 11.5 Å². The molecule has 0 aliphatic carbocycles. The maximum atomic E-state index is 11.5. The fraction of sp³-hybridized carbons (Fsp3) is 0.0667. The standard InChI is InChI=1S/C15H13ClN2O3/c16-12-5-7-13(8-6-12)21-10-15(20)18-17-9-11-3-1-2-4-14(11)19/h1-9,19H,10H2,(H,18,20)/p-1. The van der Waals surface area contributed by atoms with Crippen molar-refractivity contribution in [2.75, 3.05) is 6.61 Å². The summed E-state index contributed by atoms with van der Waals surface area (Å²) in [6.45, 7) is -0.183. The van der Waals surface area contributed by atoms with Gasteiger partial charge in [-0.15, -0.1) is 0 Å². The van der Waals surface area contributed by atoms with E-state index >= 15 is 0 Å².